The molecule has 0 radical (unpaired) electrons. The number of carbonyl (C=O) groups is 2. The van der Waals surface area contributed by atoms with Crippen LogP contribution in [0, 0.1) is 0 Å². The Hall–Kier alpha value is -2.02. The Labute approximate surface area is 148 Å². The van der Waals surface area contributed by atoms with Crippen molar-refractivity contribution in [2.75, 3.05) is 11.9 Å². The van der Waals surface area contributed by atoms with Crippen LogP contribution in [0.5, 0.6) is 0 Å². The molecule has 1 aliphatic rings. The fraction of sp³-hybridized carbons (Fsp3) is 0.412. The molecule has 4 nitrogen and oxygen atoms in total. The van der Waals surface area contributed by atoms with E-state index in [1.165, 1.54) is 11.6 Å². The van der Waals surface area contributed by atoms with Crippen molar-refractivity contribution in [3.05, 3.63) is 40.4 Å². The second-order valence-corrected chi connectivity index (χ2v) is 6.19. The number of rotatable bonds is 4. The largest absolute Gasteiger partial charge is 0.418 e. The number of nitrogens with one attached hydrogen (secondary N) is 2. The van der Waals surface area contributed by atoms with Gasteiger partial charge >= 0.3 is 18.0 Å². The number of benzene rings is 1. The number of hydrogen-bond donors (Lipinski definition) is 2. The van der Waals surface area contributed by atoms with Crippen LogP contribution < -0.4 is 10.6 Å². The van der Waals surface area contributed by atoms with Crippen LogP contribution in [0.4, 0.5) is 18.9 Å². The molecule has 0 spiro atoms. The fourth-order valence-corrected chi connectivity index (χ4v) is 2.76. The van der Waals surface area contributed by atoms with Crippen LogP contribution in [0.3, 0.4) is 0 Å². The maximum Gasteiger partial charge on any atom is 0.418 e. The summed E-state index contributed by atoms with van der Waals surface area (Å²) in [7, 11) is 0. The molecular weight excluding hydrogens is 357 g/mol. The van der Waals surface area contributed by atoms with E-state index >= 15 is 0 Å². The Morgan fingerprint density at radius 3 is 2.56 bits per heavy atom. The van der Waals surface area contributed by atoms with Gasteiger partial charge in [0.05, 0.1) is 11.3 Å². The lowest BCUT2D eigenvalue weighted by atomic mass is 9.97. The molecule has 0 aromatic heterocycles. The van der Waals surface area contributed by atoms with Crippen molar-refractivity contribution in [1.29, 1.82) is 0 Å². The second kappa shape index (κ2) is 8.38. The van der Waals surface area contributed by atoms with Gasteiger partial charge in [-0.25, -0.2) is 0 Å². The summed E-state index contributed by atoms with van der Waals surface area (Å²) in [4.78, 5) is 23.6. The number of amides is 2. The van der Waals surface area contributed by atoms with Gasteiger partial charge in [0.15, 0.2) is 0 Å². The highest BCUT2D eigenvalue weighted by Gasteiger charge is 2.34. The van der Waals surface area contributed by atoms with Crippen LogP contribution in [0.2, 0.25) is 5.02 Å². The predicted octanol–water partition coefficient (Wildman–Crippen LogP) is 4.30. The highest BCUT2D eigenvalue weighted by molar-refractivity contribution is 6.39. The summed E-state index contributed by atoms with van der Waals surface area (Å²) < 4.78 is 38.9. The second-order valence-electron chi connectivity index (χ2n) is 5.76. The highest BCUT2D eigenvalue weighted by atomic mass is 35.5. The lowest BCUT2D eigenvalue weighted by Crippen LogP contribution is -2.36. The fourth-order valence-electron chi connectivity index (χ4n) is 2.59. The number of halogens is 4. The lowest BCUT2D eigenvalue weighted by Gasteiger charge is -2.15. The summed E-state index contributed by atoms with van der Waals surface area (Å²) in [5.41, 5.74) is -0.385. The Morgan fingerprint density at radius 2 is 1.92 bits per heavy atom. The number of alkyl halides is 3. The van der Waals surface area contributed by atoms with Gasteiger partial charge in [0.25, 0.3) is 0 Å². The highest BCUT2D eigenvalue weighted by Crippen LogP contribution is 2.36. The minimum Gasteiger partial charge on any atom is -0.348 e. The van der Waals surface area contributed by atoms with Gasteiger partial charge in [-0.2, -0.15) is 13.2 Å². The first-order valence-corrected chi connectivity index (χ1v) is 8.29. The zero-order valence-corrected chi connectivity index (χ0v) is 14.1. The monoisotopic (exact) mass is 374 g/mol. The summed E-state index contributed by atoms with van der Waals surface area (Å²) in [6.45, 7) is 0.269. The topological polar surface area (TPSA) is 58.2 Å². The standard InChI is InChI=1S/C17H18ClF3N2O2/c18-12-6-7-14(13(10-12)17(19,20)21)23-16(25)15(24)22-9-8-11-4-2-1-3-5-11/h4,6-7,10H,1-3,5,8-9H2,(H,22,24)(H,23,25). The van der Waals surface area contributed by atoms with Crippen molar-refractivity contribution in [2.24, 2.45) is 0 Å². The molecule has 136 valence electrons. The number of anilines is 1. The van der Waals surface area contributed by atoms with Crippen LogP contribution in [0.15, 0.2) is 29.8 Å². The third-order valence-electron chi connectivity index (χ3n) is 3.86. The van der Waals surface area contributed by atoms with E-state index in [4.69, 9.17) is 11.6 Å². The van der Waals surface area contributed by atoms with E-state index in [9.17, 15) is 22.8 Å². The number of hydrogen-bond acceptors (Lipinski definition) is 2. The molecule has 0 atom stereocenters. The van der Waals surface area contributed by atoms with Crippen molar-refractivity contribution >= 4 is 29.1 Å². The minimum absolute atomic E-state index is 0.115. The summed E-state index contributed by atoms with van der Waals surface area (Å²) >= 11 is 5.57. The molecule has 0 saturated carbocycles. The molecule has 8 heteroatoms. The van der Waals surface area contributed by atoms with E-state index in [2.05, 4.69) is 11.4 Å². The summed E-state index contributed by atoms with van der Waals surface area (Å²) in [5, 5.41) is 4.29. The van der Waals surface area contributed by atoms with E-state index in [0.29, 0.717) is 12.5 Å². The maximum absolute atomic E-state index is 13.0. The van der Waals surface area contributed by atoms with Gasteiger partial charge in [-0.15, -0.1) is 0 Å². The molecule has 0 aliphatic heterocycles. The van der Waals surface area contributed by atoms with E-state index < -0.39 is 29.2 Å². The third kappa shape index (κ3) is 5.77. The zero-order chi connectivity index (χ0) is 18.4. The van der Waals surface area contributed by atoms with Gasteiger partial charge in [-0.05, 0) is 50.3 Å². The number of allylic oxidation sites excluding steroid dienone is 1. The van der Waals surface area contributed by atoms with Crippen LogP contribution in [0.1, 0.15) is 37.7 Å². The van der Waals surface area contributed by atoms with Crippen LogP contribution in [-0.2, 0) is 15.8 Å². The van der Waals surface area contributed by atoms with Crippen molar-refractivity contribution in [2.45, 2.75) is 38.3 Å². The van der Waals surface area contributed by atoms with E-state index in [1.807, 2.05) is 5.32 Å². The molecular formula is C17H18ClF3N2O2. The zero-order valence-electron chi connectivity index (χ0n) is 13.4. The molecule has 0 fully saturated rings. The summed E-state index contributed by atoms with van der Waals surface area (Å²) in [5.74, 6) is -2.12. The van der Waals surface area contributed by atoms with Crippen LogP contribution >= 0.6 is 11.6 Å². The molecule has 2 N–H and O–H groups in total. The number of carbonyl (C=O) groups excluding carboxylic acids is 2. The van der Waals surface area contributed by atoms with Gasteiger partial charge in [-0.1, -0.05) is 23.3 Å². The Balaban J connectivity index is 1.93. The molecule has 1 aliphatic carbocycles. The molecule has 25 heavy (non-hydrogen) atoms. The molecule has 2 amide bonds. The van der Waals surface area contributed by atoms with Crippen molar-refractivity contribution < 1.29 is 22.8 Å². The molecule has 0 unspecified atom stereocenters. The normalized spacial score (nSPS) is 14.6. The third-order valence-corrected chi connectivity index (χ3v) is 4.09. The Morgan fingerprint density at radius 1 is 1.16 bits per heavy atom. The van der Waals surface area contributed by atoms with Crippen molar-refractivity contribution in [3.63, 3.8) is 0 Å². The SMILES string of the molecule is O=C(NCCC1=CCCCC1)C(=O)Nc1ccc(Cl)cc1C(F)(F)F. The molecule has 0 saturated heterocycles. The summed E-state index contributed by atoms with van der Waals surface area (Å²) in [6, 6.07) is 2.92. The van der Waals surface area contributed by atoms with Crippen molar-refractivity contribution in [3.8, 4) is 0 Å². The van der Waals surface area contributed by atoms with Gasteiger partial charge in [0, 0.05) is 11.6 Å². The van der Waals surface area contributed by atoms with Crippen LogP contribution in [-0.4, -0.2) is 18.4 Å². The smallest absolute Gasteiger partial charge is 0.348 e. The molecule has 0 bridgehead atoms. The first kappa shape index (κ1) is 19.3. The first-order chi connectivity index (χ1) is 11.8. The Kier molecular flexibility index (Phi) is 6.47. The molecule has 0 heterocycles. The first-order valence-electron chi connectivity index (χ1n) is 7.91. The van der Waals surface area contributed by atoms with E-state index in [1.54, 1.807) is 0 Å². The predicted molar refractivity (Wildman–Crippen MR) is 89.3 cm³/mol. The van der Waals surface area contributed by atoms with E-state index in [0.717, 1.165) is 31.7 Å². The van der Waals surface area contributed by atoms with Crippen molar-refractivity contribution in [1.82, 2.24) is 5.32 Å². The molecule has 1 aromatic rings. The maximum atomic E-state index is 13.0. The lowest BCUT2D eigenvalue weighted by molar-refractivity contribution is -0.138. The van der Waals surface area contributed by atoms with Crippen LogP contribution in [0.25, 0.3) is 0 Å². The molecule has 2 rings (SSSR count). The minimum atomic E-state index is -4.70. The average Bonchev–Trinajstić information content (AvgIpc) is 2.56. The van der Waals surface area contributed by atoms with Gasteiger partial charge in [0.1, 0.15) is 0 Å². The van der Waals surface area contributed by atoms with E-state index in [-0.39, 0.29) is 11.6 Å². The summed E-state index contributed by atoms with van der Waals surface area (Å²) in [6.07, 6.45) is 2.31. The van der Waals surface area contributed by atoms with Gasteiger partial charge in [0.2, 0.25) is 0 Å². The van der Waals surface area contributed by atoms with Gasteiger partial charge in [-0.3, -0.25) is 9.59 Å². The molecule has 1 aromatic carbocycles. The average molecular weight is 375 g/mol. The van der Waals surface area contributed by atoms with Gasteiger partial charge < -0.3 is 10.6 Å². The Bertz CT molecular complexity index is 687. The quantitative estimate of drug-likeness (QED) is 0.609.